The number of carbonyl (C=O) groups excluding carboxylic acids is 1. The largest absolute Gasteiger partial charge is 0.467 e. The lowest BCUT2D eigenvalue weighted by Gasteiger charge is -2.12. The number of rotatable bonds is 5. The molecule has 3 aromatic rings. The van der Waals surface area contributed by atoms with Crippen molar-refractivity contribution in [3.63, 3.8) is 0 Å². The molecule has 2 heterocycles. The van der Waals surface area contributed by atoms with Crippen molar-refractivity contribution in [2.75, 3.05) is 6.61 Å². The average molecular weight is 329 g/mol. The molecule has 0 radical (unpaired) electrons. The van der Waals surface area contributed by atoms with Gasteiger partial charge in [0.05, 0.1) is 18.6 Å². The highest BCUT2D eigenvalue weighted by molar-refractivity contribution is 5.92. The smallest absolute Gasteiger partial charge is 0.272 e. The molecule has 0 aliphatic heterocycles. The molecule has 0 aliphatic rings. The standard InChI is InChI=1S/C17H16FN3O3/c1-11-8-14(20-21(11)13-5-2-4-12(18)9-13)17(23)19-15(10-22)16-6-3-7-24-16/h2-9,15,22H,10H2,1H3,(H,19,23). The van der Waals surface area contributed by atoms with Crippen molar-refractivity contribution in [3.05, 3.63) is 71.7 Å². The highest BCUT2D eigenvalue weighted by atomic mass is 19.1. The Morgan fingerprint density at radius 2 is 2.21 bits per heavy atom. The van der Waals surface area contributed by atoms with Crippen LogP contribution in [0.25, 0.3) is 5.69 Å². The van der Waals surface area contributed by atoms with Gasteiger partial charge in [-0.05, 0) is 43.3 Å². The highest BCUT2D eigenvalue weighted by Gasteiger charge is 2.20. The van der Waals surface area contributed by atoms with E-state index in [-0.39, 0.29) is 18.1 Å². The molecular weight excluding hydrogens is 313 g/mol. The van der Waals surface area contributed by atoms with Gasteiger partial charge >= 0.3 is 0 Å². The first kappa shape index (κ1) is 15.9. The summed E-state index contributed by atoms with van der Waals surface area (Å²) in [7, 11) is 0. The quantitative estimate of drug-likeness (QED) is 0.753. The van der Waals surface area contributed by atoms with Gasteiger partial charge in [-0.15, -0.1) is 0 Å². The van der Waals surface area contributed by atoms with Crippen molar-refractivity contribution >= 4 is 5.91 Å². The Morgan fingerprint density at radius 3 is 2.88 bits per heavy atom. The zero-order valence-electron chi connectivity index (χ0n) is 12.9. The summed E-state index contributed by atoms with van der Waals surface area (Å²) in [6.45, 7) is 1.47. The van der Waals surface area contributed by atoms with Crippen molar-refractivity contribution in [1.29, 1.82) is 0 Å². The summed E-state index contributed by atoms with van der Waals surface area (Å²) in [6.07, 6.45) is 1.47. The number of aliphatic hydroxyl groups is 1. The van der Waals surface area contributed by atoms with Crippen LogP contribution in [-0.2, 0) is 0 Å². The fourth-order valence-corrected chi connectivity index (χ4v) is 2.38. The number of nitrogens with zero attached hydrogens (tertiary/aromatic N) is 2. The number of halogens is 1. The molecule has 0 saturated heterocycles. The second kappa shape index (κ2) is 6.67. The third-order valence-electron chi connectivity index (χ3n) is 3.55. The maximum Gasteiger partial charge on any atom is 0.272 e. The topological polar surface area (TPSA) is 80.3 Å². The molecule has 0 aliphatic carbocycles. The van der Waals surface area contributed by atoms with Crippen LogP contribution in [0.4, 0.5) is 4.39 Å². The molecule has 1 atom stereocenters. The van der Waals surface area contributed by atoms with Crippen molar-refractivity contribution in [2.45, 2.75) is 13.0 Å². The number of hydrogen-bond acceptors (Lipinski definition) is 4. The Bertz CT molecular complexity index is 843. The molecule has 2 aromatic heterocycles. The minimum Gasteiger partial charge on any atom is -0.467 e. The second-order valence-electron chi connectivity index (χ2n) is 5.29. The van der Waals surface area contributed by atoms with E-state index >= 15 is 0 Å². The van der Waals surface area contributed by atoms with E-state index in [1.54, 1.807) is 37.3 Å². The van der Waals surface area contributed by atoms with Gasteiger partial charge in [0.2, 0.25) is 0 Å². The number of carbonyl (C=O) groups is 1. The summed E-state index contributed by atoms with van der Waals surface area (Å²) in [5.74, 6) is -0.387. The number of amides is 1. The Morgan fingerprint density at radius 1 is 1.38 bits per heavy atom. The number of aromatic nitrogens is 2. The zero-order valence-corrected chi connectivity index (χ0v) is 12.9. The number of aliphatic hydroxyl groups excluding tert-OH is 1. The van der Waals surface area contributed by atoms with Crippen LogP contribution in [-0.4, -0.2) is 27.4 Å². The number of nitrogens with one attached hydrogen (secondary N) is 1. The molecule has 1 amide bonds. The Hall–Kier alpha value is -2.93. The first-order valence-corrected chi connectivity index (χ1v) is 7.36. The lowest BCUT2D eigenvalue weighted by molar-refractivity contribution is 0.0902. The van der Waals surface area contributed by atoms with E-state index in [1.165, 1.54) is 23.1 Å². The SMILES string of the molecule is Cc1cc(C(=O)NC(CO)c2ccco2)nn1-c1cccc(F)c1. The zero-order chi connectivity index (χ0) is 17.1. The molecular formula is C17H16FN3O3. The van der Waals surface area contributed by atoms with Crippen LogP contribution in [0.3, 0.4) is 0 Å². The van der Waals surface area contributed by atoms with E-state index in [1.807, 2.05) is 0 Å². The predicted molar refractivity (Wildman–Crippen MR) is 84.3 cm³/mol. The number of benzene rings is 1. The molecule has 2 N–H and O–H groups in total. The van der Waals surface area contributed by atoms with Crippen LogP contribution in [0.5, 0.6) is 0 Å². The van der Waals surface area contributed by atoms with Crippen molar-refractivity contribution < 1.29 is 18.7 Å². The van der Waals surface area contributed by atoms with Crippen LogP contribution < -0.4 is 5.32 Å². The van der Waals surface area contributed by atoms with E-state index in [4.69, 9.17) is 4.42 Å². The van der Waals surface area contributed by atoms with Crippen LogP contribution in [0.1, 0.15) is 28.0 Å². The van der Waals surface area contributed by atoms with Crippen LogP contribution in [0.15, 0.2) is 53.1 Å². The van der Waals surface area contributed by atoms with Crippen LogP contribution in [0.2, 0.25) is 0 Å². The molecule has 0 spiro atoms. The first-order valence-electron chi connectivity index (χ1n) is 7.36. The van der Waals surface area contributed by atoms with E-state index in [0.29, 0.717) is 17.1 Å². The summed E-state index contributed by atoms with van der Waals surface area (Å²) in [5, 5.41) is 16.3. The molecule has 1 aromatic carbocycles. The van der Waals surface area contributed by atoms with E-state index in [0.717, 1.165) is 0 Å². The van der Waals surface area contributed by atoms with Gasteiger partial charge in [0.25, 0.3) is 5.91 Å². The van der Waals surface area contributed by atoms with Gasteiger partial charge in [0.1, 0.15) is 17.6 Å². The normalized spacial score (nSPS) is 12.1. The lowest BCUT2D eigenvalue weighted by Crippen LogP contribution is -2.30. The van der Waals surface area contributed by atoms with E-state index in [2.05, 4.69) is 10.4 Å². The van der Waals surface area contributed by atoms with Gasteiger partial charge in [-0.25, -0.2) is 9.07 Å². The van der Waals surface area contributed by atoms with Crippen molar-refractivity contribution in [2.24, 2.45) is 0 Å². The van der Waals surface area contributed by atoms with Crippen LogP contribution >= 0.6 is 0 Å². The fraction of sp³-hybridized carbons (Fsp3) is 0.176. The predicted octanol–water partition coefficient (Wildman–Crippen LogP) is 2.38. The van der Waals surface area contributed by atoms with Gasteiger partial charge < -0.3 is 14.8 Å². The Balaban J connectivity index is 1.82. The van der Waals surface area contributed by atoms with Crippen molar-refractivity contribution in [1.82, 2.24) is 15.1 Å². The molecule has 7 heteroatoms. The minimum atomic E-state index is -0.660. The second-order valence-corrected chi connectivity index (χ2v) is 5.29. The van der Waals surface area contributed by atoms with Crippen molar-refractivity contribution in [3.8, 4) is 5.69 Å². The molecule has 124 valence electrons. The van der Waals surface area contributed by atoms with Gasteiger partial charge in [-0.3, -0.25) is 4.79 Å². The molecule has 1 unspecified atom stereocenters. The van der Waals surface area contributed by atoms with Gasteiger partial charge in [0, 0.05) is 5.69 Å². The summed E-state index contributed by atoms with van der Waals surface area (Å²) < 4.78 is 20.0. The van der Waals surface area contributed by atoms with Gasteiger partial charge in [0.15, 0.2) is 5.69 Å². The summed E-state index contributed by atoms with van der Waals surface area (Å²) in [5.41, 5.74) is 1.38. The molecule has 0 bridgehead atoms. The van der Waals surface area contributed by atoms with Crippen LogP contribution in [0, 0.1) is 12.7 Å². The maximum atomic E-state index is 13.4. The van der Waals surface area contributed by atoms with E-state index < -0.39 is 11.9 Å². The van der Waals surface area contributed by atoms with Gasteiger partial charge in [-0.2, -0.15) is 5.10 Å². The lowest BCUT2D eigenvalue weighted by atomic mass is 10.2. The fourth-order valence-electron chi connectivity index (χ4n) is 2.38. The van der Waals surface area contributed by atoms with Gasteiger partial charge in [-0.1, -0.05) is 6.07 Å². The number of hydrogen-bond donors (Lipinski definition) is 2. The number of aryl methyl sites for hydroxylation is 1. The molecule has 24 heavy (non-hydrogen) atoms. The van der Waals surface area contributed by atoms with E-state index in [9.17, 15) is 14.3 Å². The Labute approximate surface area is 137 Å². The average Bonchev–Trinajstić information content (AvgIpc) is 3.22. The third-order valence-corrected chi connectivity index (χ3v) is 3.55. The maximum absolute atomic E-state index is 13.4. The minimum absolute atomic E-state index is 0.168. The summed E-state index contributed by atoms with van der Waals surface area (Å²) in [4.78, 5) is 12.4. The molecule has 0 saturated carbocycles. The Kier molecular flexibility index (Phi) is 4.43. The highest BCUT2D eigenvalue weighted by Crippen LogP contribution is 2.16. The summed E-state index contributed by atoms with van der Waals surface area (Å²) >= 11 is 0. The monoisotopic (exact) mass is 329 g/mol. The number of furan rings is 1. The third kappa shape index (κ3) is 3.21. The molecule has 6 nitrogen and oxygen atoms in total. The molecule has 0 fully saturated rings. The first-order chi connectivity index (χ1) is 11.6. The summed E-state index contributed by atoms with van der Waals surface area (Å²) in [6, 6.07) is 10.2. The molecule has 3 rings (SSSR count).